The Morgan fingerprint density at radius 1 is 1.33 bits per heavy atom. The Labute approximate surface area is 119 Å². The maximum Gasteiger partial charge on any atom is 0.0958 e. The van der Waals surface area contributed by atoms with Crippen molar-refractivity contribution in [2.75, 3.05) is 31.1 Å². The van der Waals surface area contributed by atoms with Crippen molar-refractivity contribution in [2.24, 2.45) is 5.73 Å². The number of nitrogens with zero attached hydrogens (tertiary/aromatic N) is 1. The minimum absolute atomic E-state index is 0. The highest BCUT2D eigenvalue weighted by Crippen LogP contribution is 2.38. The van der Waals surface area contributed by atoms with E-state index in [9.17, 15) is 0 Å². The molecular weight excluding hydrogens is 268 g/mol. The zero-order valence-corrected chi connectivity index (χ0v) is 12.2. The molecule has 1 unspecified atom stereocenters. The second kappa shape index (κ2) is 6.24. The number of fused-ring (bicyclic) bond motifs is 1. The lowest BCUT2D eigenvalue weighted by Crippen LogP contribution is -2.28. The van der Waals surface area contributed by atoms with Gasteiger partial charge in [-0.2, -0.15) is 0 Å². The highest BCUT2D eigenvalue weighted by atomic mass is 35.5. The van der Waals surface area contributed by atoms with Crippen molar-refractivity contribution in [1.82, 2.24) is 0 Å². The molecule has 2 aliphatic heterocycles. The first-order valence-electron chi connectivity index (χ1n) is 6.57. The molecular formula is C13H21ClN2OS. The van der Waals surface area contributed by atoms with Gasteiger partial charge in [-0.1, -0.05) is 0 Å². The second-order valence-corrected chi connectivity index (χ2v) is 5.97. The molecule has 0 aromatic carbocycles. The number of rotatable bonds is 2. The van der Waals surface area contributed by atoms with Crippen LogP contribution >= 0.6 is 23.7 Å². The zero-order valence-electron chi connectivity index (χ0n) is 10.6. The van der Waals surface area contributed by atoms with Gasteiger partial charge in [-0.25, -0.2) is 0 Å². The van der Waals surface area contributed by atoms with E-state index in [0.717, 1.165) is 13.0 Å². The summed E-state index contributed by atoms with van der Waals surface area (Å²) in [5, 5.41) is 1.43. The number of nitrogens with two attached hydrogens (primary N) is 1. The van der Waals surface area contributed by atoms with E-state index in [1.54, 1.807) is 0 Å². The molecule has 18 heavy (non-hydrogen) atoms. The monoisotopic (exact) mass is 288 g/mol. The average Bonchev–Trinajstić information content (AvgIpc) is 2.83. The average molecular weight is 289 g/mol. The molecule has 3 rings (SSSR count). The Bertz CT molecular complexity index is 390. The number of thiophene rings is 1. The van der Waals surface area contributed by atoms with Crippen LogP contribution in [0.1, 0.15) is 35.8 Å². The number of hydrogen-bond donors (Lipinski definition) is 1. The minimum Gasteiger partial charge on any atom is -0.372 e. The van der Waals surface area contributed by atoms with E-state index in [0.29, 0.717) is 6.54 Å². The molecule has 5 heteroatoms. The number of ether oxygens (including phenoxy) is 1. The van der Waals surface area contributed by atoms with Gasteiger partial charge in [0.05, 0.1) is 17.7 Å². The third-order valence-electron chi connectivity index (χ3n) is 3.71. The van der Waals surface area contributed by atoms with Crippen molar-refractivity contribution in [3.05, 3.63) is 16.5 Å². The zero-order chi connectivity index (χ0) is 11.7. The molecule has 102 valence electrons. The molecule has 0 bridgehead atoms. The summed E-state index contributed by atoms with van der Waals surface area (Å²) in [6.45, 7) is 3.86. The van der Waals surface area contributed by atoms with Crippen LogP contribution in [0.15, 0.2) is 6.07 Å². The Morgan fingerprint density at radius 2 is 2.11 bits per heavy atom. The van der Waals surface area contributed by atoms with E-state index in [1.165, 1.54) is 47.8 Å². The van der Waals surface area contributed by atoms with Crippen molar-refractivity contribution in [1.29, 1.82) is 0 Å². The first kappa shape index (κ1) is 14.1. The molecule has 1 aromatic rings. The standard InChI is InChI=1S/C13H20N2OS.ClH/c14-9-11-10-8-13(15-5-2-1-3-6-15)17-12(10)4-7-16-11;/h8,11H,1-7,9,14H2;1H. The smallest absolute Gasteiger partial charge is 0.0958 e. The van der Waals surface area contributed by atoms with Gasteiger partial charge in [-0.15, -0.1) is 23.7 Å². The fourth-order valence-corrected chi connectivity index (χ4v) is 3.99. The van der Waals surface area contributed by atoms with Crippen LogP contribution in [0.5, 0.6) is 0 Å². The Hall–Kier alpha value is -0.290. The van der Waals surface area contributed by atoms with E-state index < -0.39 is 0 Å². The van der Waals surface area contributed by atoms with Gasteiger partial charge in [-0.05, 0) is 30.9 Å². The van der Waals surface area contributed by atoms with Gasteiger partial charge >= 0.3 is 0 Å². The number of hydrogen-bond acceptors (Lipinski definition) is 4. The fourth-order valence-electron chi connectivity index (χ4n) is 2.74. The lowest BCUT2D eigenvalue weighted by molar-refractivity contribution is 0.0498. The van der Waals surface area contributed by atoms with Gasteiger partial charge in [0.1, 0.15) is 0 Å². The van der Waals surface area contributed by atoms with E-state index in [4.69, 9.17) is 10.5 Å². The first-order chi connectivity index (χ1) is 8.38. The molecule has 3 nitrogen and oxygen atoms in total. The van der Waals surface area contributed by atoms with Gasteiger partial charge in [0.15, 0.2) is 0 Å². The molecule has 1 aromatic heterocycles. The second-order valence-electron chi connectivity index (χ2n) is 4.86. The van der Waals surface area contributed by atoms with Gasteiger partial charge in [0, 0.05) is 30.9 Å². The quantitative estimate of drug-likeness (QED) is 0.909. The number of piperidine rings is 1. The summed E-state index contributed by atoms with van der Waals surface area (Å²) in [4.78, 5) is 4.02. The van der Waals surface area contributed by atoms with Crippen molar-refractivity contribution < 1.29 is 4.74 Å². The van der Waals surface area contributed by atoms with E-state index >= 15 is 0 Å². The first-order valence-corrected chi connectivity index (χ1v) is 7.39. The third kappa shape index (κ3) is 2.67. The Kier molecular flexibility index (Phi) is 4.90. The molecule has 3 heterocycles. The normalized spacial score (nSPS) is 23.4. The van der Waals surface area contributed by atoms with Crippen LogP contribution in [0.25, 0.3) is 0 Å². The predicted octanol–water partition coefficient (Wildman–Crippen LogP) is 2.73. The van der Waals surface area contributed by atoms with Crippen LogP contribution in [-0.2, 0) is 11.2 Å². The lowest BCUT2D eigenvalue weighted by Gasteiger charge is -2.27. The van der Waals surface area contributed by atoms with Crippen LogP contribution in [0, 0.1) is 0 Å². The fraction of sp³-hybridized carbons (Fsp3) is 0.692. The molecule has 0 spiro atoms. The van der Waals surface area contributed by atoms with Gasteiger partial charge in [-0.3, -0.25) is 0 Å². The van der Waals surface area contributed by atoms with Crippen LogP contribution < -0.4 is 10.6 Å². The topological polar surface area (TPSA) is 38.5 Å². The maximum atomic E-state index is 5.77. The number of anilines is 1. The van der Waals surface area contributed by atoms with Gasteiger partial charge < -0.3 is 15.4 Å². The summed E-state index contributed by atoms with van der Waals surface area (Å²) in [7, 11) is 0. The summed E-state index contributed by atoms with van der Waals surface area (Å²) < 4.78 is 5.72. The molecule has 0 radical (unpaired) electrons. The summed E-state index contributed by atoms with van der Waals surface area (Å²) in [5.41, 5.74) is 7.12. The third-order valence-corrected chi connectivity index (χ3v) is 4.98. The number of halogens is 1. The largest absolute Gasteiger partial charge is 0.372 e. The summed E-state index contributed by atoms with van der Waals surface area (Å²) >= 11 is 1.95. The molecule has 0 aliphatic carbocycles. The van der Waals surface area contributed by atoms with Crippen LogP contribution in [-0.4, -0.2) is 26.2 Å². The van der Waals surface area contributed by atoms with Gasteiger partial charge in [0.2, 0.25) is 0 Å². The van der Waals surface area contributed by atoms with Crippen molar-refractivity contribution in [3.63, 3.8) is 0 Å². The molecule has 1 fully saturated rings. The molecule has 1 saturated heterocycles. The molecule has 2 N–H and O–H groups in total. The molecule has 0 saturated carbocycles. The predicted molar refractivity (Wildman–Crippen MR) is 79.1 cm³/mol. The highest BCUT2D eigenvalue weighted by molar-refractivity contribution is 7.16. The maximum absolute atomic E-state index is 5.77. The van der Waals surface area contributed by atoms with E-state index in [2.05, 4.69) is 11.0 Å². The summed E-state index contributed by atoms with van der Waals surface area (Å²) in [5.74, 6) is 0. The van der Waals surface area contributed by atoms with E-state index in [-0.39, 0.29) is 18.5 Å². The van der Waals surface area contributed by atoms with Crippen LogP contribution in [0.2, 0.25) is 0 Å². The van der Waals surface area contributed by atoms with Crippen LogP contribution in [0.4, 0.5) is 5.00 Å². The minimum atomic E-state index is 0. The molecule has 2 aliphatic rings. The van der Waals surface area contributed by atoms with Crippen molar-refractivity contribution in [3.8, 4) is 0 Å². The molecule has 1 atom stereocenters. The van der Waals surface area contributed by atoms with E-state index in [1.807, 2.05) is 11.3 Å². The van der Waals surface area contributed by atoms with Gasteiger partial charge in [0.25, 0.3) is 0 Å². The summed E-state index contributed by atoms with van der Waals surface area (Å²) in [6, 6.07) is 2.32. The highest BCUT2D eigenvalue weighted by Gasteiger charge is 2.24. The Balaban J connectivity index is 0.00000120. The SMILES string of the molecule is Cl.NCC1OCCc2sc(N3CCCCC3)cc21. The molecule has 0 amide bonds. The lowest BCUT2D eigenvalue weighted by atomic mass is 10.1. The summed E-state index contributed by atoms with van der Waals surface area (Å²) in [6.07, 6.45) is 5.24. The Morgan fingerprint density at radius 3 is 2.83 bits per heavy atom. The van der Waals surface area contributed by atoms with Crippen LogP contribution in [0.3, 0.4) is 0 Å². The van der Waals surface area contributed by atoms with Crippen molar-refractivity contribution in [2.45, 2.75) is 31.8 Å². The van der Waals surface area contributed by atoms with Crippen molar-refractivity contribution >= 4 is 28.7 Å².